The molecule has 1 unspecified atom stereocenters. The molecule has 26 heavy (non-hydrogen) atoms. The first-order valence-electron chi connectivity index (χ1n) is 8.97. The van der Waals surface area contributed by atoms with Crippen molar-refractivity contribution in [1.82, 2.24) is 5.32 Å². The fourth-order valence-electron chi connectivity index (χ4n) is 3.70. The van der Waals surface area contributed by atoms with Crippen LogP contribution in [0.5, 0.6) is 0 Å². The van der Waals surface area contributed by atoms with Crippen molar-refractivity contribution in [3.63, 3.8) is 0 Å². The van der Waals surface area contributed by atoms with Gasteiger partial charge in [0.1, 0.15) is 0 Å². The molecule has 1 aliphatic carbocycles. The van der Waals surface area contributed by atoms with Gasteiger partial charge in [-0.25, -0.2) is 0 Å². The number of hydrogen-bond acceptors (Lipinski definition) is 2. The second-order valence-corrected chi connectivity index (χ2v) is 8.08. The topological polar surface area (TPSA) is 49.4 Å². The summed E-state index contributed by atoms with van der Waals surface area (Å²) in [5, 5.41) is 3.10. The number of carbonyl (C=O) groups is 2. The maximum atomic E-state index is 12.7. The van der Waals surface area contributed by atoms with Crippen LogP contribution in [0.3, 0.4) is 0 Å². The molecule has 0 aromatic heterocycles. The number of benzene rings is 2. The lowest BCUT2D eigenvalue weighted by Crippen LogP contribution is -2.37. The molecule has 4 rings (SSSR count). The van der Waals surface area contributed by atoms with Gasteiger partial charge in [-0.1, -0.05) is 42.5 Å². The minimum Gasteiger partial charge on any atom is -0.355 e. The first-order valence-corrected chi connectivity index (χ1v) is 9.76. The zero-order chi connectivity index (χ0) is 18.1. The van der Waals surface area contributed by atoms with Crippen LogP contribution in [0.2, 0.25) is 0 Å². The van der Waals surface area contributed by atoms with E-state index >= 15 is 0 Å². The van der Waals surface area contributed by atoms with Crippen LogP contribution in [0.25, 0.3) is 0 Å². The smallest absolute Gasteiger partial charge is 0.227 e. The fraction of sp³-hybridized carbons (Fsp3) is 0.333. The Morgan fingerprint density at radius 3 is 2.50 bits per heavy atom. The Kier molecular flexibility index (Phi) is 4.57. The summed E-state index contributed by atoms with van der Waals surface area (Å²) in [4.78, 5) is 26.8. The zero-order valence-corrected chi connectivity index (χ0v) is 16.0. The normalized spacial score (nSPS) is 20.9. The zero-order valence-electron chi connectivity index (χ0n) is 14.5. The molecule has 2 fully saturated rings. The number of nitrogens with zero attached hydrogens (tertiary/aromatic N) is 1. The number of carbonyl (C=O) groups excluding carboxylic acids is 2. The van der Waals surface area contributed by atoms with Gasteiger partial charge in [-0.2, -0.15) is 0 Å². The largest absolute Gasteiger partial charge is 0.355 e. The first kappa shape index (κ1) is 17.3. The van der Waals surface area contributed by atoms with Crippen molar-refractivity contribution in [3.8, 4) is 0 Å². The molecule has 1 saturated heterocycles. The van der Waals surface area contributed by atoms with Gasteiger partial charge in [0.05, 0.1) is 11.6 Å². The van der Waals surface area contributed by atoms with Gasteiger partial charge in [0.2, 0.25) is 11.8 Å². The first-order chi connectivity index (χ1) is 12.6. The van der Waals surface area contributed by atoms with E-state index in [-0.39, 0.29) is 29.6 Å². The molecule has 2 aliphatic rings. The fourth-order valence-corrected chi connectivity index (χ4v) is 4.20. The maximum Gasteiger partial charge on any atom is 0.227 e. The monoisotopic (exact) mass is 412 g/mol. The summed E-state index contributed by atoms with van der Waals surface area (Å²) in [6.07, 6.45) is 2.47. The van der Waals surface area contributed by atoms with Crippen LogP contribution in [0.4, 0.5) is 5.69 Å². The third kappa shape index (κ3) is 3.28. The predicted molar refractivity (Wildman–Crippen MR) is 105 cm³/mol. The molecule has 1 aliphatic heterocycles. The van der Waals surface area contributed by atoms with E-state index < -0.39 is 0 Å². The Balaban J connectivity index is 1.39. The molecule has 1 heterocycles. The highest BCUT2D eigenvalue weighted by molar-refractivity contribution is 9.10. The van der Waals surface area contributed by atoms with Gasteiger partial charge in [-0.15, -0.1) is 0 Å². The molecular weight excluding hydrogens is 392 g/mol. The minimum atomic E-state index is -0.291. The van der Waals surface area contributed by atoms with Gasteiger partial charge < -0.3 is 10.2 Å². The van der Waals surface area contributed by atoms with Crippen LogP contribution in [0.1, 0.15) is 24.8 Å². The van der Waals surface area contributed by atoms with E-state index in [1.54, 1.807) is 4.90 Å². The summed E-state index contributed by atoms with van der Waals surface area (Å²) in [6.45, 7) is 1.08. The molecule has 1 atom stereocenters. The van der Waals surface area contributed by atoms with Crippen LogP contribution in [0, 0.1) is 5.92 Å². The molecule has 0 radical (unpaired) electrons. The Hall–Kier alpha value is -2.14. The lowest BCUT2D eigenvalue weighted by atomic mass is 9.95. The lowest BCUT2D eigenvalue weighted by Gasteiger charge is -2.20. The highest BCUT2D eigenvalue weighted by Gasteiger charge is 2.45. The van der Waals surface area contributed by atoms with Crippen LogP contribution >= 0.6 is 15.9 Å². The van der Waals surface area contributed by atoms with Gasteiger partial charge in [-0.3, -0.25) is 9.59 Å². The SMILES string of the molecule is O=C(NCC1(c2ccccc2)CC1)C1CC(=O)N(c2ccccc2Br)C1. The molecule has 0 spiro atoms. The van der Waals surface area contributed by atoms with Crippen molar-refractivity contribution in [2.24, 2.45) is 5.92 Å². The van der Waals surface area contributed by atoms with Crippen LogP contribution in [-0.2, 0) is 15.0 Å². The molecule has 2 aromatic rings. The summed E-state index contributed by atoms with van der Waals surface area (Å²) >= 11 is 3.49. The molecule has 4 nitrogen and oxygen atoms in total. The van der Waals surface area contributed by atoms with Crippen molar-refractivity contribution >= 4 is 33.4 Å². The third-order valence-electron chi connectivity index (χ3n) is 5.48. The highest BCUT2D eigenvalue weighted by atomic mass is 79.9. The minimum absolute atomic E-state index is 0.00115. The number of anilines is 1. The number of hydrogen-bond donors (Lipinski definition) is 1. The van der Waals surface area contributed by atoms with Gasteiger partial charge >= 0.3 is 0 Å². The van der Waals surface area contributed by atoms with E-state index in [0.29, 0.717) is 13.1 Å². The number of nitrogens with one attached hydrogen (secondary N) is 1. The van der Waals surface area contributed by atoms with Crippen molar-refractivity contribution in [2.45, 2.75) is 24.7 Å². The van der Waals surface area contributed by atoms with Gasteiger partial charge in [0.15, 0.2) is 0 Å². The molecule has 0 bridgehead atoms. The van der Waals surface area contributed by atoms with Crippen LogP contribution in [0.15, 0.2) is 59.1 Å². The number of amides is 2. The second kappa shape index (κ2) is 6.88. The van der Waals surface area contributed by atoms with Crippen molar-refractivity contribution < 1.29 is 9.59 Å². The summed E-state index contributed by atoms with van der Waals surface area (Å²) in [6, 6.07) is 18.0. The highest BCUT2D eigenvalue weighted by Crippen LogP contribution is 2.47. The standard InChI is InChI=1S/C21H21BrN2O2/c22-17-8-4-5-9-18(17)24-13-15(12-19(24)25)20(26)23-14-21(10-11-21)16-6-2-1-3-7-16/h1-9,15H,10-14H2,(H,23,26). The summed E-state index contributed by atoms with van der Waals surface area (Å²) in [7, 11) is 0. The Morgan fingerprint density at radius 2 is 1.81 bits per heavy atom. The van der Waals surface area contributed by atoms with E-state index in [9.17, 15) is 9.59 Å². The summed E-state index contributed by atoms with van der Waals surface area (Å²) in [5.41, 5.74) is 2.20. The second-order valence-electron chi connectivity index (χ2n) is 7.22. The molecule has 2 amide bonds. The van der Waals surface area contributed by atoms with E-state index in [0.717, 1.165) is 23.0 Å². The van der Waals surface area contributed by atoms with Crippen molar-refractivity contribution in [3.05, 3.63) is 64.6 Å². The molecule has 134 valence electrons. The Bertz CT molecular complexity index is 833. The predicted octanol–water partition coefficient (Wildman–Crippen LogP) is 3.65. The van der Waals surface area contributed by atoms with E-state index in [1.807, 2.05) is 42.5 Å². The van der Waals surface area contributed by atoms with Crippen LogP contribution < -0.4 is 10.2 Å². The maximum absolute atomic E-state index is 12.7. The van der Waals surface area contributed by atoms with Crippen molar-refractivity contribution in [1.29, 1.82) is 0 Å². The Labute approximate surface area is 161 Å². The average molecular weight is 413 g/mol. The average Bonchev–Trinajstić information content (AvgIpc) is 3.36. The third-order valence-corrected chi connectivity index (χ3v) is 6.15. The molecular formula is C21H21BrN2O2. The number of rotatable bonds is 5. The number of para-hydroxylation sites is 1. The summed E-state index contributed by atoms with van der Waals surface area (Å²) < 4.78 is 0.871. The van der Waals surface area contributed by atoms with Gasteiger partial charge in [0, 0.05) is 29.4 Å². The number of halogens is 1. The van der Waals surface area contributed by atoms with Gasteiger partial charge in [0.25, 0.3) is 0 Å². The van der Waals surface area contributed by atoms with Gasteiger partial charge in [-0.05, 0) is 46.5 Å². The summed E-state index contributed by atoms with van der Waals surface area (Å²) in [5.74, 6) is -0.308. The molecule has 5 heteroatoms. The Morgan fingerprint density at radius 1 is 1.12 bits per heavy atom. The molecule has 1 saturated carbocycles. The van der Waals surface area contributed by atoms with E-state index in [4.69, 9.17) is 0 Å². The lowest BCUT2D eigenvalue weighted by molar-refractivity contribution is -0.126. The van der Waals surface area contributed by atoms with Crippen LogP contribution in [-0.4, -0.2) is 24.9 Å². The molecule has 1 N–H and O–H groups in total. The molecule has 2 aromatic carbocycles. The van der Waals surface area contributed by atoms with Crippen molar-refractivity contribution in [2.75, 3.05) is 18.0 Å². The van der Waals surface area contributed by atoms with E-state index in [2.05, 4.69) is 33.4 Å². The van der Waals surface area contributed by atoms with E-state index in [1.165, 1.54) is 5.56 Å². The quantitative estimate of drug-likeness (QED) is 0.814.